The van der Waals surface area contributed by atoms with Gasteiger partial charge in [0.2, 0.25) is 5.88 Å². The van der Waals surface area contributed by atoms with Crippen molar-refractivity contribution in [1.29, 1.82) is 0 Å². The Labute approximate surface area is 271 Å². The predicted octanol–water partition coefficient (Wildman–Crippen LogP) is 5.30. The lowest BCUT2D eigenvalue weighted by molar-refractivity contribution is -0.130. The summed E-state index contributed by atoms with van der Waals surface area (Å²) < 4.78 is 72.5. The Kier molecular flexibility index (Phi) is 11.9. The maximum atomic E-state index is 13.7. The summed E-state index contributed by atoms with van der Waals surface area (Å²) in [6.07, 6.45) is 0.279. The number of anilines is 1. The highest BCUT2D eigenvalue weighted by atomic mass is 32.2. The number of nitrogens with zero attached hydrogens (tertiary/aromatic N) is 3. The molecule has 47 heavy (non-hydrogen) atoms. The summed E-state index contributed by atoms with van der Waals surface area (Å²) >= 11 is 0. The fourth-order valence-corrected chi connectivity index (χ4v) is 5.81. The van der Waals surface area contributed by atoms with Crippen LogP contribution in [0.25, 0.3) is 10.8 Å². The Morgan fingerprint density at radius 1 is 1.09 bits per heavy atom. The Morgan fingerprint density at radius 3 is 2.51 bits per heavy atom. The van der Waals surface area contributed by atoms with E-state index in [4.69, 9.17) is 8.92 Å². The van der Waals surface area contributed by atoms with Gasteiger partial charge in [-0.3, -0.25) is 14.6 Å². The summed E-state index contributed by atoms with van der Waals surface area (Å²) in [6.45, 7) is 3.72. The predicted molar refractivity (Wildman–Crippen MR) is 172 cm³/mol. The van der Waals surface area contributed by atoms with Crippen LogP contribution in [-0.4, -0.2) is 75.1 Å². The van der Waals surface area contributed by atoms with Crippen molar-refractivity contribution < 1.29 is 40.1 Å². The fraction of sp³-hybridized carbons (Fsp3) is 0.375. The molecule has 0 saturated carbocycles. The zero-order valence-corrected chi connectivity index (χ0v) is 26.7. The first-order valence-corrected chi connectivity index (χ1v) is 16.5. The zero-order valence-electron chi connectivity index (χ0n) is 25.9. The fourth-order valence-electron chi connectivity index (χ4n) is 4.89. The lowest BCUT2D eigenvalue weighted by Crippen LogP contribution is -2.33. The molecular weight excluding hydrogens is 639 g/mol. The normalized spacial score (nSPS) is 14.5. The third kappa shape index (κ3) is 10.5. The van der Waals surface area contributed by atoms with E-state index in [1.54, 1.807) is 30.6 Å². The van der Waals surface area contributed by atoms with Gasteiger partial charge in [0.15, 0.2) is 5.69 Å². The second kappa shape index (κ2) is 15.9. The molecule has 0 atom stereocenters. The molecule has 1 fully saturated rings. The minimum atomic E-state index is -4.72. The van der Waals surface area contributed by atoms with Crippen LogP contribution < -0.4 is 14.8 Å². The number of aromatic nitrogens is 1. The van der Waals surface area contributed by atoms with Gasteiger partial charge in [-0.15, -0.1) is 0 Å². The molecule has 4 rings (SSSR count). The number of benzene rings is 2. The van der Waals surface area contributed by atoms with Gasteiger partial charge in [-0.1, -0.05) is 30.3 Å². The second-order valence-corrected chi connectivity index (χ2v) is 12.6. The lowest BCUT2D eigenvalue weighted by atomic mass is 9.98. The molecule has 3 aromatic rings. The van der Waals surface area contributed by atoms with Gasteiger partial charge in [-0.2, -0.15) is 21.6 Å². The molecule has 0 aliphatic carbocycles. The smallest absolute Gasteiger partial charge is 0.381 e. The number of pyridine rings is 1. The highest BCUT2D eigenvalue weighted by Gasteiger charge is 2.31. The highest BCUT2D eigenvalue weighted by molar-refractivity contribution is 7.87. The number of carbonyl (C=O) groups excluding carboxylic acids is 2. The number of aliphatic imine (C=N–C) groups is 1. The molecule has 2 aromatic carbocycles. The number of fused-ring (bicyclic) bond motifs is 1. The summed E-state index contributed by atoms with van der Waals surface area (Å²) in [5.41, 5.74) is 0.849. The van der Waals surface area contributed by atoms with Gasteiger partial charge in [0.25, 0.3) is 11.8 Å². The van der Waals surface area contributed by atoms with Crippen molar-refractivity contribution in [3.05, 3.63) is 77.8 Å². The van der Waals surface area contributed by atoms with E-state index in [1.165, 1.54) is 6.07 Å². The summed E-state index contributed by atoms with van der Waals surface area (Å²) in [5.74, 6) is -3.10. The summed E-state index contributed by atoms with van der Waals surface area (Å²) in [4.78, 5) is 37.0. The maximum absolute atomic E-state index is 13.7. The van der Waals surface area contributed by atoms with Crippen molar-refractivity contribution >= 4 is 44.6 Å². The third-order valence-electron chi connectivity index (χ3n) is 7.31. The van der Waals surface area contributed by atoms with E-state index in [0.717, 1.165) is 29.9 Å². The molecule has 1 aliphatic heterocycles. The van der Waals surface area contributed by atoms with Crippen LogP contribution in [0, 0.1) is 5.92 Å². The lowest BCUT2D eigenvalue weighted by Gasteiger charge is -2.22. The molecule has 0 radical (unpaired) electrons. The van der Waals surface area contributed by atoms with Gasteiger partial charge >= 0.3 is 16.3 Å². The largest absolute Gasteiger partial charge is 0.390 e. The van der Waals surface area contributed by atoms with Gasteiger partial charge < -0.3 is 24.5 Å². The molecule has 11 nitrogen and oxygen atoms in total. The van der Waals surface area contributed by atoms with Crippen LogP contribution in [0.3, 0.4) is 0 Å². The van der Waals surface area contributed by atoms with Crippen molar-refractivity contribution in [3.8, 4) is 5.88 Å². The number of hydrogen-bond donors (Lipinski definition) is 2. The van der Waals surface area contributed by atoms with E-state index in [2.05, 4.69) is 20.6 Å². The molecule has 1 aromatic heterocycles. The van der Waals surface area contributed by atoms with Gasteiger partial charge in [0, 0.05) is 63.6 Å². The number of rotatable bonds is 13. The number of alkyl halides is 3. The summed E-state index contributed by atoms with van der Waals surface area (Å²) in [7, 11) is -2.80. The molecule has 0 unspecified atom stereocenters. The van der Waals surface area contributed by atoms with E-state index >= 15 is 0 Å². The van der Waals surface area contributed by atoms with Crippen molar-refractivity contribution in [1.82, 2.24) is 15.2 Å². The molecule has 1 saturated heterocycles. The molecule has 2 N–H and O–H groups in total. The van der Waals surface area contributed by atoms with E-state index in [9.17, 15) is 31.2 Å². The van der Waals surface area contributed by atoms with E-state index in [0.29, 0.717) is 30.7 Å². The van der Waals surface area contributed by atoms with Crippen LogP contribution in [0.15, 0.2) is 65.9 Å². The first-order chi connectivity index (χ1) is 22.3. The second-order valence-electron chi connectivity index (χ2n) is 10.9. The molecular formula is C32H36F3N5O6S. The molecule has 2 amide bonds. The zero-order chi connectivity index (χ0) is 34.0. The quantitative estimate of drug-likeness (QED) is 0.184. The van der Waals surface area contributed by atoms with Crippen LogP contribution >= 0.6 is 0 Å². The number of amides is 2. The average Bonchev–Trinajstić information content (AvgIpc) is 3.03. The van der Waals surface area contributed by atoms with Crippen molar-refractivity contribution in [2.24, 2.45) is 10.9 Å². The number of carbonyl (C=O) groups is 2. The highest BCUT2D eigenvalue weighted by Crippen LogP contribution is 2.27. The van der Waals surface area contributed by atoms with Crippen molar-refractivity contribution in [2.45, 2.75) is 38.9 Å². The Bertz CT molecular complexity index is 1740. The van der Waals surface area contributed by atoms with Gasteiger partial charge in [0.1, 0.15) is 0 Å². The number of ether oxygens (including phenoxy) is 1. The number of hydrogen-bond acceptors (Lipinski definition) is 9. The van der Waals surface area contributed by atoms with Crippen LogP contribution in [0.5, 0.6) is 5.88 Å². The summed E-state index contributed by atoms with van der Waals surface area (Å²) in [5, 5.41) is 6.93. The van der Waals surface area contributed by atoms with Gasteiger partial charge in [-0.05, 0) is 54.2 Å². The Morgan fingerprint density at radius 2 is 1.81 bits per heavy atom. The minimum Gasteiger partial charge on any atom is -0.381 e. The Hall–Kier alpha value is -4.50. The first-order valence-electron chi connectivity index (χ1n) is 14.9. The Balaban J connectivity index is 1.61. The van der Waals surface area contributed by atoms with Crippen LogP contribution in [0.2, 0.25) is 0 Å². The van der Waals surface area contributed by atoms with Gasteiger partial charge in [-0.25, -0.2) is 4.98 Å². The molecule has 2 heterocycles. The van der Waals surface area contributed by atoms with Crippen LogP contribution in [0.1, 0.15) is 52.6 Å². The van der Waals surface area contributed by atoms with E-state index in [-0.39, 0.29) is 23.8 Å². The van der Waals surface area contributed by atoms with Crippen LogP contribution in [0.4, 0.5) is 18.9 Å². The van der Waals surface area contributed by atoms with E-state index < -0.39 is 46.2 Å². The number of halogens is 3. The van der Waals surface area contributed by atoms with Gasteiger partial charge in [0.05, 0.1) is 17.9 Å². The van der Waals surface area contributed by atoms with Crippen LogP contribution in [-0.2, 0) is 21.4 Å². The van der Waals surface area contributed by atoms with Crippen molar-refractivity contribution in [3.63, 3.8) is 0 Å². The maximum Gasteiger partial charge on any atom is 0.390 e. The van der Waals surface area contributed by atoms with Crippen molar-refractivity contribution in [2.75, 3.05) is 37.9 Å². The SMILES string of the molecule is C/C=N/C=C\N(C)Cc1ccc(C(=O)Nc2ccc(OS(=O)(=O)CCC(F)(F)F)nc2C(=O)NCC2CCOCC2)c2ccccc12. The standard InChI is InChI=1S/C32H36F3N5O6S/c1-3-36-15-16-40(2)21-23-8-9-26(25-7-5-4-6-24(23)25)30(41)38-27-10-11-28(46-47(43,44)19-14-32(33,34)35)39-29(27)31(42)37-20-22-12-17-45-18-13-22/h3-11,15-16,22H,12-14,17-21H2,1-2H3,(H,37,42)(H,38,41)/b16-15-,36-3+. The molecule has 0 bridgehead atoms. The molecule has 0 spiro atoms. The number of nitrogens with one attached hydrogen (secondary N) is 2. The van der Waals surface area contributed by atoms with E-state index in [1.807, 2.05) is 43.3 Å². The average molecular weight is 676 g/mol. The topological polar surface area (TPSA) is 139 Å². The summed E-state index contributed by atoms with van der Waals surface area (Å²) in [6, 6.07) is 13.1. The molecule has 252 valence electrons. The first kappa shape index (κ1) is 35.4. The molecule has 15 heteroatoms. The molecule has 1 aliphatic rings. The third-order valence-corrected chi connectivity index (χ3v) is 8.44. The minimum absolute atomic E-state index is 0.0472. The monoisotopic (exact) mass is 675 g/mol.